The van der Waals surface area contributed by atoms with E-state index < -0.39 is 10.0 Å². The van der Waals surface area contributed by atoms with E-state index in [4.69, 9.17) is 0 Å². The number of nitrogens with zero attached hydrogens (tertiary/aromatic N) is 4. The van der Waals surface area contributed by atoms with Gasteiger partial charge in [0.1, 0.15) is 6.07 Å². The van der Waals surface area contributed by atoms with E-state index in [0.717, 1.165) is 23.1 Å². The zero-order valence-electron chi connectivity index (χ0n) is 19.7. The first-order valence-electron chi connectivity index (χ1n) is 11.4. The molecule has 10 heteroatoms. The summed E-state index contributed by atoms with van der Waals surface area (Å²) in [4.78, 5) is 19.1. The lowest BCUT2D eigenvalue weighted by Crippen LogP contribution is -2.41. The molecule has 0 radical (unpaired) electrons. The molecule has 4 rings (SSSR count). The van der Waals surface area contributed by atoms with Crippen molar-refractivity contribution in [3.63, 3.8) is 0 Å². The Kier molecular flexibility index (Phi) is 7.31. The van der Waals surface area contributed by atoms with Gasteiger partial charge in [0.05, 0.1) is 21.7 Å². The zero-order chi connectivity index (χ0) is 25.0. The van der Waals surface area contributed by atoms with E-state index >= 15 is 0 Å². The van der Waals surface area contributed by atoms with E-state index in [1.54, 1.807) is 19.2 Å². The summed E-state index contributed by atoms with van der Waals surface area (Å²) in [6.07, 6.45) is 0.679. The van der Waals surface area contributed by atoms with Gasteiger partial charge in [0.25, 0.3) is 0 Å². The fraction of sp³-hybridized carbons (Fsp3) is 0.320. The number of likely N-dealkylation sites (N-methyl/N-ethyl adjacent to an activating group) is 1. The second kappa shape index (κ2) is 10.4. The molecule has 9 nitrogen and oxygen atoms in total. The van der Waals surface area contributed by atoms with Crippen LogP contribution in [-0.4, -0.2) is 67.9 Å². The molecule has 3 aromatic rings. The van der Waals surface area contributed by atoms with Crippen molar-refractivity contribution in [1.29, 1.82) is 5.26 Å². The molecular weight excluding hydrogens is 464 g/mol. The number of rotatable bonds is 7. The van der Waals surface area contributed by atoms with Crippen LogP contribution in [-0.2, 0) is 10.0 Å². The number of likely N-dealkylation sites (tertiary alicyclic amines) is 1. The Hall–Kier alpha value is -3.52. The molecule has 2 amide bonds. The predicted octanol–water partition coefficient (Wildman–Crippen LogP) is 2.93. The average Bonchev–Trinajstić information content (AvgIpc) is 3.32. The summed E-state index contributed by atoms with van der Waals surface area (Å²) in [7, 11) is -2.22. The van der Waals surface area contributed by atoms with Crippen LogP contribution >= 0.6 is 0 Å². The number of anilines is 1. The lowest BCUT2D eigenvalue weighted by atomic mass is 10.1. The monoisotopic (exact) mass is 492 g/mol. The van der Waals surface area contributed by atoms with Crippen molar-refractivity contribution >= 4 is 32.6 Å². The zero-order valence-corrected chi connectivity index (χ0v) is 20.5. The number of sulfonamides is 1. The predicted molar refractivity (Wildman–Crippen MR) is 134 cm³/mol. The Morgan fingerprint density at radius 1 is 1.23 bits per heavy atom. The average molecular weight is 493 g/mol. The van der Waals surface area contributed by atoms with Gasteiger partial charge in [-0.25, -0.2) is 13.2 Å². The van der Waals surface area contributed by atoms with Crippen molar-refractivity contribution in [2.75, 3.05) is 38.5 Å². The van der Waals surface area contributed by atoms with Crippen LogP contribution in [0.4, 0.5) is 10.5 Å². The number of amides is 2. The number of hydrogen-bond acceptors (Lipinski definition) is 6. The third-order valence-corrected chi connectivity index (χ3v) is 8.20. The first-order chi connectivity index (χ1) is 16.8. The van der Waals surface area contributed by atoms with Crippen LogP contribution in [0.2, 0.25) is 0 Å². The van der Waals surface area contributed by atoms with Gasteiger partial charge in [-0.15, -0.1) is 0 Å². The van der Waals surface area contributed by atoms with Gasteiger partial charge in [0.15, 0.2) is 0 Å². The molecule has 1 aliphatic rings. The third-order valence-electron chi connectivity index (χ3n) is 6.23. The van der Waals surface area contributed by atoms with Crippen LogP contribution in [0.3, 0.4) is 0 Å². The highest BCUT2D eigenvalue weighted by Crippen LogP contribution is 2.25. The van der Waals surface area contributed by atoms with Gasteiger partial charge >= 0.3 is 6.03 Å². The van der Waals surface area contributed by atoms with Gasteiger partial charge in [0.2, 0.25) is 10.0 Å². The molecule has 182 valence electrons. The molecule has 2 N–H and O–H groups in total. The molecule has 0 aliphatic carbocycles. The minimum Gasteiger partial charge on any atom is -0.337 e. The summed E-state index contributed by atoms with van der Waals surface area (Å²) in [5.74, 6) is 0. The number of carbonyl (C=O) groups excluding carboxylic acids is 1. The van der Waals surface area contributed by atoms with Crippen LogP contribution in [0.1, 0.15) is 17.7 Å². The van der Waals surface area contributed by atoms with Crippen molar-refractivity contribution in [1.82, 2.24) is 19.5 Å². The largest absolute Gasteiger partial charge is 0.337 e. The van der Waals surface area contributed by atoms with Crippen molar-refractivity contribution in [2.24, 2.45) is 0 Å². The number of aromatic nitrogens is 1. The van der Waals surface area contributed by atoms with E-state index in [9.17, 15) is 18.5 Å². The van der Waals surface area contributed by atoms with Gasteiger partial charge in [-0.05, 0) is 44.2 Å². The Balaban J connectivity index is 1.30. The van der Waals surface area contributed by atoms with E-state index in [-0.39, 0.29) is 22.5 Å². The van der Waals surface area contributed by atoms with Crippen LogP contribution in [0.25, 0.3) is 10.9 Å². The van der Waals surface area contributed by atoms with Crippen LogP contribution in [0.15, 0.2) is 59.5 Å². The van der Waals surface area contributed by atoms with Gasteiger partial charge < -0.3 is 10.6 Å². The van der Waals surface area contributed by atoms with Crippen LogP contribution < -0.4 is 10.6 Å². The lowest BCUT2D eigenvalue weighted by Gasteiger charge is -2.25. The van der Waals surface area contributed by atoms with Crippen LogP contribution in [0, 0.1) is 18.3 Å². The van der Waals surface area contributed by atoms with Crippen molar-refractivity contribution < 1.29 is 13.2 Å². The highest BCUT2D eigenvalue weighted by atomic mass is 32.2. The van der Waals surface area contributed by atoms with Gasteiger partial charge in [-0.3, -0.25) is 9.88 Å². The van der Waals surface area contributed by atoms with E-state index in [0.29, 0.717) is 31.7 Å². The number of hydrogen-bond donors (Lipinski definition) is 2. The van der Waals surface area contributed by atoms with Gasteiger partial charge in [-0.2, -0.15) is 9.57 Å². The summed E-state index contributed by atoms with van der Waals surface area (Å²) in [5, 5.41) is 15.9. The highest BCUT2D eigenvalue weighted by molar-refractivity contribution is 7.89. The molecule has 1 aliphatic heterocycles. The number of aryl methyl sites for hydroxylation is 1. The number of urea groups is 1. The fourth-order valence-corrected chi connectivity index (χ4v) is 5.87. The number of pyridine rings is 1. The Morgan fingerprint density at radius 2 is 1.97 bits per heavy atom. The molecule has 1 atom stereocenters. The second-order valence-electron chi connectivity index (χ2n) is 8.58. The molecule has 1 fully saturated rings. The Morgan fingerprint density at radius 3 is 2.77 bits per heavy atom. The molecule has 2 aromatic carbocycles. The SMILES string of the molecule is Cc1cc(NC(=O)NCCN2CCC(N(C)S(=O)(=O)c3ccccc3C#N)C2)c2ccccc2n1. The number of carbonyl (C=O) groups is 1. The van der Waals surface area contributed by atoms with Crippen LogP contribution in [0.5, 0.6) is 0 Å². The molecule has 1 unspecified atom stereocenters. The quantitative estimate of drug-likeness (QED) is 0.524. The highest BCUT2D eigenvalue weighted by Gasteiger charge is 2.34. The van der Waals surface area contributed by atoms with Crippen molar-refractivity contribution in [2.45, 2.75) is 24.3 Å². The Labute approximate surface area is 205 Å². The van der Waals surface area contributed by atoms with Crippen molar-refractivity contribution in [3.8, 4) is 6.07 Å². The van der Waals surface area contributed by atoms with E-state index in [2.05, 4.69) is 20.5 Å². The molecule has 35 heavy (non-hydrogen) atoms. The maximum absolute atomic E-state index is 13.1. The molecule has 1 saturated heterocycles. The standard InChI is InChI=1S/C25H28N6O3S/c1-18-15-23(21-8-4-5-9-22(21)28-18)29-25(32)27-12-14-31-13-11-20(17-31)30(2)35(33,34)24-10-6-3-7-19(24)16-26/h3-10,15,20H,11-14,17H2,1-2H3,(H2,27,28,29,32). The summed E-state index contributed by atoms with van der Waals surface area (Å²) in [6.45, 7) is 4.19. The third kappa shape index (κ3) is 5.43. The maximum Gasteiger partial charge on any atom is 0.319 e. The molecule has 0 saturated carbocycles. The number of nitriles is 1. The summed E-state index contributed by atoms with van der Waals surface area (Å²) in [6, 6.07) is 17.2. The van der Waals surface area contributed by atoms with Gasteiger partial charge in [-0.1, -0.05) is 30.3 Å². The smallest absolute Gasteiger partial charge is 0.319 e. The fourth-order valence-electron chi connectivity index (χ4n) is 4.35. The first-order valence-corrected chi connectivity index (χ1v) is 12.8. The Bertz CT molecular complexity index is 1390. The number of nitrogens with one attached hydrogen (secondary N) is 2. The van der Waals surface area contributed by atoms with E-state index in [1.807, 2.05) is 43.3 Å². The molecule has 0 bridgehead atoms. The lowest BCUT2D eigenvalue weighted by molar-refractivity contribution is 0.248. The molecule has 2 heterocycles. The minimum atomic E-state index is -3.78. The normalized spacial score (nSPS) is 16.3. The number of fused-ring (bicyclic) bond motifs is 1. The molecule has 0 spiro atoms. The maximum atomic E-state index is 13.1. The van der Waals surface area contributed by atoms with Crippen molar-refractivity contribution in [3.05, 3.63) is 65.9 Å². The number of benzene rings is 2. The summed E-state index contributed by atoms with van der Waals surface area (Å²) in [5.41, 5.74) is 2.49. The van der Waals surface area contributed by atoms with E-state index in [1.165, 1.54) is 16.4 Å². The topological polar surface area (TPSA) is 118 Å². The summed E-state index contributed by atoms with van der Waals surface area (Å²) < 4.78 is 27.5. The number of para-hydroxylation sites is 1. The summed E-state index contributed by atoms with van der Waals surface area (Å²) >= 11 is 0. The minimum absolute atomic E-state index is 0.0284. The van der Waals surface area contributed by atoms with Gasteiger partial charge in [0, 0.05) is 43.8 Å². The molecule has 1 aromatic heterocycles. The molecular formula is C25H28N6O3S. The first kappa shape index (κ1) is 24.6. The second-order valence-corrected chi connectivity index (χ2v) is 10.5.